The van der Waals surface area contributed by atoms with E-state index in [2.05, 4.69) is 19.1 Å². The van der Waals surface area contributed by atoms with Crippen LogP contribution in [0.1, 0.15) is 25.3 Å². The predicted octanol–water partition coefficient (Wildman–Crippen LogP) is 3.04. The summed E-state index contributed by atoms with van der Waals surface area (Å²) in [5.74, 6) is 1.88. The van der Waals surface area contributed by atoms with Crippen LogP contribution in [0.25, 0.3) is 0 Å². The van der Waals surface area contributed by atoms with Gasteiger partial charge in [-0.3, -0.25) is 0 Å². The van der Waals surface area contributed by atoms with Gasteiger partial charge in [-0.1, -0.05) is 6.92 Å². The third-order valence-corrected chi connectivity index (χ3v) is 3.91. The van der Waals surface area contributed by atoms with E-state index in [0.29, 0.717) is 0 Å². The van der Waals surface area contributed by atoms with Gasteiger partial charge in [0.1, 0.15) is 12.0 Å². The Morgan fingerprint density at radius 1 is 1.50 bits per heavy atom. The van der Waals surface area contributed by atoms with Crippen molar-refractivity contribution in [1.29, 1.82) is 0 Å². The molecule has 1 saturated carbocycles. The van der Waals surface area contributed by atoms with Gasteiger partial charge in [0.25, 0.3) is 0 Å². The monoisotopic (exact) mass is 236 g/mol. The van der Waals surface area contributed by atoms with Gasteiger partial charge in [-0.15, -0.1) is 11.8 Å². The number of aldehydes is 1. The van der Waals surface area contributed by atoms with Crippen LogP contribution in [-0.2, 0) is 10.2 Å². The van der Waals surface area contributed by atoms with E-state index in [-0.39, 0.29) is 5.41 Å². The van der Waals surface area contributed by atoms with E-state index in [1.165, 1.54) is 4.90 Å². The fourth-order valence-corrected chi connectivity index (χ4v) is 2.62. The summed E-state index contributed by atoms with van der Waals surface area (Å²) < 4.78 is 5.34. The molecule has 2 nitrogen and oxygen atoms in total. The number of methoxy groups -OCH3 is 1. The van der Waals surface area contributed by atoms with Crippen LogP contribution >= 0.6 is 11.8 Å². The van der Waals surface area contributed by atoms with Crippen molar-refractivity contribution in [3.05, 3.63) is 23.8 Å². The summed E-state index contributed by atoms with van der Waals surface area (Å²) in [4.78, 5) is 12.4. The number of thioether (sulfide) groups is 1. The standard InChI is InChI=1S/C13H16O2S/c1-3-16-10-4-5-12(15-2)11(8-10)13(9-14)6-7-13/h4-5,8-9H,3,6-7H2,1-2H3. The molecule has 0 bridgehead atoms. The van der Waals surface area contributed by atoms with Crippen LogP contribution in [0.15, 0.2) is 23.1 Å². The quantitative estimate of drug-likeness (QED) is 0.580. The number of carbonyl (C=O) groups is 1. The molecule has 0 aliphatic heterocycles. The van der Waals surface area contributed by atoms with Gasteiger partial charge < -0.3 is 9.53 Å². The van der Waals surface area contributed by atoms with E-state index in [0.717, 1.165) is 36.2 Å². The highest BCUT2D eigenvalue weighted by atomic mass is 32.2. The van der Waals surface area contributed by atoms with Gasteiger partial charge in [-0.05, 0) is 36.8 Å². The fraction of sp³-hybridized carbons (Fsp3) is 0.462. The molecule has 0 spiro atoms. The molecule has 0 radical (unpaired) electrons. The highest BCUT2D eigenvalue weighted by Crippen LogP contribution is 2.50. The zero-order chi connectivity index (χ0) is 11.6. The highest BCUT2D eigenvalue weighted by molar-refractivity contribution is 7.99. The Morgan fingerprint density at radius 3 is 2.75 bits per heavy atom. The molecular formula is C13H16O2S. The third-order valence-electron chi connectivity index (χ3n) is 3.03. The molecule has 2 rings (SSSR count). The van der Waals surface area contributed by atoms with Crippen LogP contribution in [0.5, 0.6) is 5.75 Å². The molecule has 0 saturated heterocycles. The lowest BCUT2D eigenvalue weighted by atomic mass is 9.97. The lowest BCUT2D eigenvalue weighted by Gasteiger charge is -2.14. The highest BCUT2D eigenvalue weighted by Gasteiger charge is 2.46. The smallest absolute Gasteiger partial charge is 0.130 e. The Bertz CT molecular complexity index is 397. The van der Waals surface area contributed by atoms with Crippen LogP contribution in [0, 0.1) is 0 Å². The van der Waals surface area contributed by atoms with Crippen molar-refractivity contribution in [2.75, 3.05) is 12.9 Å². The molecule has 1 aliphatic carbocycles. The molecule has 1 aromatic rings. The van der Waals surface area contributed by atoms with Gasteiger partial charge in [0.2, 0.25) is 0 Å². The zero-order valence-corrected chi connectivity index (χ0v) is 10.5. The minimum Gasteiger partial charge on any atom is -0.496 e. The van der Waals surface area contributed by atoms with Crippen molar-refractivity contribution in [2.45, 2.75) is 30.1 Å². The van der Waals surface area contributed by atoms with Crippen molar-refractivity contribution in [3.8, 4) is 5.75 Å². The van der Waals surface area contributed by atoms with Crippen LogP contribution < -0.4 is 4.74 Å². The van der Waals surface area contributed by atoms with E-state index in [1.54, 1.807) is 18.9 Å². The van der Waals surface area contributed by atoms with Gasteiger partial charge in [0, 0.05) is 10.5 Å². The molecule has 0 amide bonds. The summed E-state index contributed by atoms with van der Waals surface area (Å²) >= 11 is 1.79. The molecule has 0 unspecified atom stereocenters. The van der Waals surface area contributed by atoms with Crippen LogP contribution in [-0.4, -0.2) is 19.1 Å². The number of ether oxygens (including phenoxy) is 1. The second-order valence-corrected chi connectivity index (χ2v) is 5.41. The summed E-state index contributed by atoms with van der Waals surface area (Å²) in [6.45, 7) is 2.13. The topological polar surface area (TPSA) is 26.3 Å². The average Bonchev–Trinajstić information content (AvgIpc) is 3.10. The summed E-state index contributed by atoms with van der Waals surface area (Å²) in [5.41, 5.74) is 0.804. The van der Waals surface area contributed by atoms with Crippen molar-refractivity contribution in [2.24, 2.45) is 0 Å². The van der Waals surface area contributed by atoms with Gasteiger partial charge in [-0.2, -0.15) is 0 Å². The maximum atomic E-state index is 11.2. The minimum absolute atomic E-state index is 0.254. The molecule has 86 valence electrons. The first-order valence-corrected chi connectivity index (χ1v) is 6.52. The molecule has 0 atom stereocenters. The first kappa shape index (κ1) is 11.5. The van der Waals surface area contributed by atoms with E-state index >= 15 is 0 Å². The molecule has 1 aliphatic rings. The first-order valence-electron chi connectivity index (χ1n) is 5.53. The van der Waals surface area contributed by atoms with Crippen molar-refractivity contribution >= 4 is 18.0 Å². The molecule has 0 aromatic heterocycles. The second kappa shape index (κ2) is 4.50. The largest absolute Gasteiger partial charge is 0.496 e. The number of hydrogen-bond acceptors (Lipinski definition) is 3. The maximum absolute atomic E-state index is 11.2. The van der Waals surface area contributed by atoms with Crippen molar-refractivity contribution in [3.63, 3.8) is 0 Å². The van der Waals surface area contributed by atoms with Gasteiger partial charge >= 0.3 is 0 Å². The SMILES string of the molecule is CCSc1ccc(OC)c(C2(C=O)CC2)c1. The average molecular weight is 236 g/mol. The molecule has 1 fully saturated rings. The molecule has 16 heavy (non-hydrogen) atoms. The summed E-state index contributed by atoms with van der Waals surface area (Å²) in [6, 6.07) is 6.13. The first-order chi connectivity index (χ1) is 7.75. The Balaban J connectivity index is 2.39. The lowest BCUT2D eigenvalue weighted by Crippen LogP contribution is -2.09. The molecule has 3 heteroatoms. The zero-order valence-electron chi connectivity index (χ0n) is 9.66. The Kier molecular flexibility index (Phi) is 3.24. The third kappa shape index (κ3) is 1.96. The number of hydrogen-bond donors (Lipinski definition) is 0. The Hall–Kier alpha value is -0.960. The van der Waals surface area contributed by atoms with Crippen LogP contribution in [0.4, 0.5) is 0 Å². The lowest BCUT2D eigenvalue weighted by molar-refractivity contribution is -0.109. The van der Waals surface area contributed by atoms with Crippen LogP contribution in [0.2, 0.25) is 0 Å². The summed E-state index contributed by atoms with van der Waals surface area (Å²) in [5, 5.41) is 0. The summed E-state index contributed by atoms with van der Waals surface area (Å²) in [6.07, 6.45) is 2.98. The summed E-state index contributed by atoms with van der Waals surface area (Å²) in [7, 11) is 1.66. The Labute approximate surface area is 100 Å². The molecule has 0 heterocycles. The number of benzene rings is 1. The molecule has 1 aromatic carbocycles. The van der Waals surface area contributed by atoms with E-state index < -0.39 is 0 Å². The normalized spacial score (nSPS) is 16.9. The van der Waals surface area contributed by atoms with Gasteiger partial charge in [0.05, 0.1) is 12.5 Å². The van der Waals surface area contributed by atoms with Crippen molar-refractivity contribution < 1.29 is 9.53 Å². The number of carbonyl (C=O) groups excluding carboxylic acids is 1. The predicted molar refractivity (Wildman–Crippen MR) is 66.4 cm³/mol. The second-order valence-electron chi connectivity index (χ2n) is 4.07. The van der Waals surface area contributed by atoms with Crippen molar-refractivity contribution in [1.82, 2.24) is 0 Å². The molecule has 0 N–H and O–H groups in total. The van der Waals surface area contributed by atoms with E-state index in [4.69, 9.17) is 4.74 Å². The molecular weight excluding hydrogens is 220 g/mol. The van der Waals surface area contributed by atoms with E-state index in [1.807, 2.05) is 6.07 Å². The van der Waals surface area contributed by atoms with Gasteiger partial charge in [-0.25, -0.2) is 0 Å². The number of rotatable bonds is 5. The van der Waals surface area contributed by atoms with Crippen LogP contribution in [0.3, 0.4) is 0 Å². The van der Waals surface area contributed by atoms with Gasteiger partial charge in [0.15, 0.2) is 0 Å². The van der Waals surface area contributed by atoms with E-state index in [9.17, 15) is 4.79 Å². The Morgan fingerprint density at radius 2 is 2.25 bits per heavy atom. The minimum atomic E-state index is -0.254. The maximum Gasteiger partial charge on any atom is 0.130 e. The fourth-order valence-electron chi connectivity index (χ4n) is 1.92.